The van der Waals surface area contributed by atoms with Crippen LogP contribution in [0.5, 0.6) is 0 Å². The summed E-state index contributed by atoms with van der Waals surface area (Å²) in [4.78, 5) is 97.2. The lowest BCUT2D eigenvalue weighted by molar-refractivity contribution is -0.347. The van der Waals surface area contributed by atoms with E-state index in [1.807, 2.05) is 0 Å². The highest BCUT2D eigenvalue weighted by atomic mass is 16.8. The number of hydrogen-bond acceptors (Lipinski definition) is 17. The molecule has 2 bridgehead atoms. The fraction of sp³-hybridized carbons (Fsp3) is 0.795. The first kappa shape index (κ1) is 47.2. The molecule has 0 radical (unpaired) electrons. The number of alkyl carbamates (subject to hydrolysis) is 1. The molecule has 3 saturated carbocycles. The van der Waals surface area contributed by atoms with Gasteiger partial charge in [-0.2, -0.15) is 0 Å². The second-order valence-corrected chi connectivity index (χ2v) is 20.5. The molecule has 346 valence electrons. The Labute approximate surface area is 361 Å². The molecule has 0 aromatic heterocycles. The number of hydrogen-bond donors (Lipinski definition) is 3. The van der Waals surface area contributed by atoms with E-state index in [1.54, 1.807) is 34.6 Å². The van der Waals surface area contributed by atoms with Crippen molar-refractivity contribution in [1.29, 1.82) is 0 Å². The molecule has 6 rings (SSSR count). The summed E-state index contributed by atoms with van der Waals surface area (Å²) in [5.74, 6) is -6.62. The number of rotatable bonds is 7. The first-order chi connectivity index (χ1) is 28.5. The van der Waals surface area contributed by atoms with Crippen molar-refractivity contribution in [2.45, 2.75) is 180 Å². The van der Waals surface area contributed by atoms with Crippen LogP contribution < -0.4 is 5.32 Å². The minimum atomic E-state index is -2.41. The summed E-state index contributed by atoms with van der Waals surface area (Å²) in [6, 6.07) is -1.31. The van der Waals surface area contributed by atoms with Gasteiger partial charge in [-0.15, -0.1) is 0 Å². The Bertz CT molecular complexity index is 1930. The van der Waals surface area contributed by atoms with E-state index in [9.17, 15) is 39.0 Å². The van der Waals surface area contributed by atoms with Crippen LogP contribution in [0.1, 0.15) is 121 Å². The van der Waals surface area contributed by atoms with Crippen molar-refractivity contribution < 1.29 is 81.7 Å². The van der Waals surface area contributed by atoms with E-state index in [0.717, 1.165) is 33.3 Å². The zero-order valence-corrected chi connectivity index (χ0v) is 37.8. The number of nitrogens with one attached hydrogen (secondary N) is 1. The maximum atomic E-state index is 15.6. The molecule has 4 aliphatic carbocycles. The molecule has 0 aromatic rings. The van der Waals surface area contributed by atoms with Crippen LogP contribution in [-0.4, -0.2) is 125 Å². The predicted molar refractivity (Wildman–Crippen MR) is 213 cm³/mol. The molecule has 0 aromatic carbocycles. The standard InChI is InChI=1S/C44H63NO17/c1-21-26-27(57-22(2)46)31(48)42(11)24(47)18-25-43(20-56-25,62-37(53)55-12)29(42)32(59-33(49)23-16-14-13-15-17-23)44(54,40(26,8)9)19-41(21,10)60-34(50)28-30(39(6,7)35(51)58-28)45-36(52)61-38(3,4)5/h23-25,27-30,32,47,54H,13-20H2,1-12H3,(H,45,52)/t24?,25-,27-,28?,29?,30-,32+,41+,42-,43+,44-/m1/s1. The lowest BCUT2D eigenvalue weighted by Gasteiger charge is -2.68. The van der Waals surface area contributed by atoms with Crippen molar-refractivity contribution in [3.63, 3.8) is 0 Å². The summed E-state index contributed by atoms with van der Waals surface area (Å²) in [5.41, 5.74) is -12.2. The first-order valence-electron chi connectivity index (χ1n) is 21.4. The summed E-state index contributed by atoms with van der Waals surface area (Å²) < 4.78 is 46.7. The topological polar surface area (TPSA) is 246 Å². The van der Waals surface area contributed by atoms with Crippen molar-refractivity contribution >= 4 is 41.9 Å². The van der Waals surface area contributed by atoms with Crippen LogP contribution in [0.3, 0.4) is 0 Å². The summed E-state index contributed by atoms with van der Waals surface area (Å²) in [5, 5.41) is 28.6. The quantitative estimate of drug-likeness (QED) is 0.186. The Kier molecular flexibility index (Phi) is 12.0. The third-order valence-corrected chi connectivity index (χ3v) is 14.7. The number of aliphatic hydroxyl groups excluding tert-OH is 1. The number of ketones is 1. The van der Waals surface area contributed by atoms with Gasteiger partial charge in [-0.05, 0) is 79.4 Å². The Morgan fingerprint density at radius 1 is 0.903 bits per heavy atom. The molecular formula is C44H63NO17. The normalized spacial score (nSPS) is 38.6. The number of Topliss-reactive ketones (excluding diaryl/α,β-unsaturated/α-hetero) is 1. The van der Waals surface area contributed by atoms with Crippen LogP contribution in [0.2, 0.25) is 0 Å². The van der Waals surface area contributed by atoms with Crippen LogP contribution in [0.25, 0.3) is 0 Å². The predicted octanol–water partition coefficient (Wildman–Crippen LogP) is 3.92. The molecule has 5 fully saturated rings. The van der Waals surface area contributed by atoms with E-state index in [0.29, 0.717) is 12.8 Å². The van der Waals surface area contributed by atoms with Gasteiger partial charge in [-0.3, -0.25) is 19.2 Å². The average Bonchev–Trinajstić information content (AvgIpc) is 3.38. The number of fused-ring (bicyclic) bond motifs is 5. The maximum absolute atomic E-state index is 15.6. The molecule has 0 spiro atoms. The molecule has 3 N–H and O–H groups in total. The van der Waals surface area contributed by atoms with Crippen LogP contribution in [-0.2, 0) is 61.9 Å². The van der Waals surface area contributed by atoms with E-state index < -0.39 is 135 Å². The molecule has 18 nitrogen and oxygen atoms in total. The van der Waals surface area contributed by atoms with E-state index in [-0.39, 0.29) is 24.2 Å². The fourth-order valence-electron chi connectivity index (χ4n) is 11.0. The zero-order chi connectivity index (χ0) is 46.3. The van der Waals surface area contributed by atoms with Crippen LogP contribution in [0.15, 0.2) is 11.1 Å². The molecule has 62 heavy (non-hydrogen) atoms. The van der Waals surface area contributed by atoms with Crippen molar-refractivity contribution in [1.82, 2.24) is 5.32 Å². The van der Waals surface area contributed by atoms with Gasteiger partial charge >= 0.3 is 36.1 Å². The van der Waals surface area contributed by atoms with Gasteiger partial charge in [0.15, 0.2) is 17.5 Å². The second kappa shape index (κ2) is 15.8. The molecule has 6 aliphatic rings. The summed E-state index contributed by atoms with van der Waals surface area (Å²) >= 11 is 0. The minimum Gasteiger partial charge on any atom is -0.459 e. The van der Waals surface area contributed by atoms with Gasteiger partial charge in [0.1, 0.15) is 29.0 Å². The SMILES string of the molecule is COC(=O)O[C@@]12CO[C@@H]1CC(O)[C@@]1(C)C(=O)[C@H](OC(C)=O)C3=C(C)[C@@](C)(OC(=O)C4OC(=O)C(C)(C)[C@@H]4NC(=O)OC(C)(C)C)C[C@@](O)([C@@H](OC(=O)C4CCCCC4)C12)C3(C)C. The number of amides is 1. The largest absolute Gasteiger partial charge is 0.508 e. The first-order valence-corrected chi connectivity index (χ1v) is 21.4. The summed E-state index contributed by atoms with van der Waals surface area (Å²) in [6.45, 7) is 16.1. The Balaban J connectivity index is 1.57. The fourth-order valence-corrected chi connectivity index (χ4v) is 11.0. The van der Waals surface area contributed by atoms with Crippen LogP contribution in [0, 0.1) is 28.1 Å². The highest BCUT2D eigenvalue weighted by Crippen LogP contribution is 2.65. The van der Waals surface area contributed by atoms with E-state index >= 15 is 4.79 Å². The Hall–Kier alpha value is -4.29. The Morgan fingerprint density at radius 2 is 1.53 bits per heavy atom. The van der Waals surface area contributed by atoms with Gasteiger partial charge < -0.3 is 53.4 Å². The molecule has 3 unspecified atom stereocenters. The summed E-state index contributed by atoms with van der Waals surface area (Å²) in [7, 11) is 1.08. The van der Waals surface area contributed by atoms with Gasteiger partial charge in [0.05, 0.1) is 48.5 Å². The number of cyclic esters (lactones) is 1. The van der Waals surface area contributed by atoms with Gasteiger partial charge in [-0.25, -0.2) is 14.4 Å². The lowest BCUT2D eigenvalue weighted by Crippen LogP contribution is -2.82. The number of esters is 4. The molecular weight excluding hydrogens is 814 g/mol. The molecule has 18 heteroatoms. The third kappa shape index (κ3) is 7.44. The van der Waals surface area contributed by atoms with E-state index in [1.165, 1.54) is 34.6 Å². The van der Waals surface area contributed by atoms with Crippen molar-refractivity contribution in [2.75, 3.05) is 13.7 Å². The van der Waals surface area contributed by atoms with E-state index in [4.69, 9.17) is 37.9 Å². The van der Waals surface area contributed by atoms with Crippen LogP contribution in [0.4, 0.5) is 9.59 Å². The van der Waals surface area contributed by atoms with Crippen LogP contribution >= 0.6 is 0 Å². The van der Waals surface area contributed by atoms with Gasteiger partial charge in [0.2, 0.25) is 6.10 Å². The highest BCUT2D eigenvalue weighted by molar-refractivity contribution is 5.95. The van der Waals surface area contributed by atoms with E-state index in [2.05, 4.69) is 5.32 Å². The highest BCUT2D eigenvalue weighted by Gasteiger charge is 2.79. The second-order valence-electron chi connectivity index (χ2n) is 20.5. The number of aliphatic hydroxyl groups is 2. The maximum Gasteiger partial charge on any atom is 0.508 e. The van der Waals surface area contributed by atoms with Crippen molar-refractivity contribution in [2.24, 2.45) is 28.1 Å². The molecule has 11 atom stereocenters. The monoisotopic (exact) mass is 877 g/mol. The van der Waals surface area contributed by atoms with Crippen molar-refractivity contribution in [3.05, 3.63) is 11.1 Å². The third-order valence-electron chi connectivity index (χ3n) is 14.7. The smallest absolute Gasteiger partial charge is 0.459 e. The van der Waals surface area contributed by atoms with Gasteiger partial charge in [0, 0.05) is 25.2 Å². The molecule has 2 heterocycles. The zero-order valence-electron chi connectivity index (χ0n) is 37.8. The number of carbonyl (C=O) groups is 7. The van der Waals surface area contributed by atoms with Gasteiger partial charge in [-0.1, -0.05) is 33.1 Å². The molecule has 2 aliphatic heterocycles. The average molecular weight is 878 g/mol. The number of ether oxygens (including phenoxy) is 8. The van der Waals surface area contributed by atoms with Gasteiger partial charge in [0.25, 0.3) is 0 Å². The molecule has 2 saturated heterocycles. The summed E-state index contributed by atoms with van der Waals surface area (Å²) in [6.07, 6.45) is -7.62. The Morgan fingerprint density at radius 3 is 2.08 bits per heavy atom. The number of carbonyl (C=O) groups excluding carboxylic acids is 7. The minimum absolute atomic E-state index is 0.00515. The number of methoxy groups -OCH3 is 1. The lowest BCUT2D eigenvalue weighted by atomic mass is 9.44. The van der Waals surface area contributed by atoms with Crippen molar-refractivity contribution in [3.8, 4) is 0 Å². The molecule has 1 amide bonds.